The summed E-state index contributed by atoms with van der Waals surface area (Å²) in [6.45, 7) is 3.26. The lowest BCUT2D eigenvalue weighted by Gasteiger charge is -2.24. The summed E-state index contributed by atoms with van der Waals surface area (Å²) in [7, 11) is -2.17. The molecule has 2 aromatic rings. The summed E-state index contributed by atoms with van der Waals surface area (Å²) in [6.07, 6.45) is 0.300. The van der Waals surface area contributed by atoms with Crippen molar-refractivity contribution in [3.8, 4) is 5.75 Å². The highest BCUT2D eigenvalue weighted by Gasteiger charge is 2.25. The van der Waals surface area contributed by atoms with Crippen LogP contribution in [0.4, 0.5) is 0 Å². The molecule has 0 fully saturated rings. The Kier molecular flexibility index (Phi) is 6.11. The molecule has 2 aromatic carbocycles. The van der Waals surface area contributed by atoms with Crippen LogP contribution in [-0.4, -0.2) is 32.8 Å². The SMILES string of the molecule is COc1ccc(CC(C)(O)CNS(=O)(=O)c2ccc(C)c(Cl)c2)cc1. The molecule has 0 radical (unpaired) electrons. The largest absolute Gasteiger partial charge is 0.497 e. The van der Waals surface area contributed by atoms with Gasteiger partial charge in [0.1, 0.15) is 5.75 Å². The van der Waals surface area contributed by atoms with E-state index in [0.717, 1.165) is 16.9 Å². The fourth-order valence-corrected chi connectivity index (χ4v) is 3.75. The first kappa shape index (κ1) is 19.7. The van der Waals surface area contributed by atoms with Crippen LogP contribution >= 0.6 is 11.6 Å². The van der Waals surface area contributed by atoms with Crippen LogP contribution in [0.5, 0.6) is 5.75 Å². The number of nitrogens with one attached hydrogen (secondary N) is 1. The van der Waals surface area contributed by atoms with E-state index >= 15 is 0 Å². The number of ether oxygens (including phenoxy) is 1. The zero-order chi connectivity index (χ0) is 18.7. The summed E-state index contributed by atoms with van der Waals surface area (Å²) in [5.74, 6) is 0.723. The predicted octanol–water partition coefficient (Wildman–Crippen LogP) is 2.93. The van der Waals surface area contributed by atoms with Gasteiger partial charge < -0.3 is 9.84 Å². The molecule has 0 heterocycles. The van der Waals surface area contributed by atoms with Gasteiger partial charge in [-0.1, -0.05) is 29.8 Å². The van der Waals surface area contributed by atoms with E-state index in [1.54, 1.807) is 39.2 Å². The summed E-state index contributed by atoms with van der Waals surface area (Å²) < 4.78 is 32.3. The summed E-state index contributed by atoms with van der Waals surface area (Å²) in [5, 5.41) is 10.9. The first-order chi connectivity index (χ1) is 11.6. The van der Waals surface area contributed by atoms with E-state index < -0.39 is 15.6 Å². The molecule has 0 aromatic heterocycles. The molecule has 2 rings (SSSR count). The maximum Gasteiger partial charge on any atom is 0.240 e. The predicted molar refractivity (Wildman–Crippen MR) is 98.7 cm³/mol. The summed E-state index contributed by atoms with van der Waals surface area (Å²) in [6, 6.07) is 11.8. The Morgan fingerprint density at radius 2 is 1.84 bits per heavy atom. The molecule has 1 unspecified atom stereocenters. The number of methoxy groups -OCH3 is 1. The Morgan fingerprint density at radius 1 is 1.20 bits per heavy atom. The number of aliphatic hydroxyl groups is 1. The molecule has 0 saturated heterocycles. The molecule has 1 atom stereocenters. The number of sulfonamides is 1. The molecule has 0 aliphatic rings. The second kappa shape index (κ2) is 7.74. The fraction of sp³-hybridized carbons (Fsp3) is 0.333. The van der Waals surface area contributed by atoms with Gasteiger partial charge in [-0.15, -0.1) is 0 Å². The van der Waals surface area contributed by atoms with Gasteiger partial charge >= 0.3 is 0 Å². The Labute approximate surface area is 153 Å². The molecule has 25 heavy (non-hydrogen) atoms. The van der Waals surface area contributed by atoms with Gasteiger partial charge in [-0.2, -0.15) is 0 Å². The molecule has 0 aliphatic heterocycles. The quantitative estimate of drug-likeness (QED) is 0.770. The van der Waals surface area contributed by atoms with Gasteiger partial charge in [-0.3, -0.25) is 0 Å². The van der Waals surface area contributed by atoms with Crippen molar-refractivity contribution in [3.63, 3.8) is 0 Å². The van der Waals surface area contributed by atoms with Gasteiger partial charge in [0.2, 0.25) is 10.0 Å². The number of rotatable bonds is 7. The molecule has 5 nitrogen and oxygen atoms in total. The molecule has 0 aliphatic carbocycles. The van der Waals surface area contributed by atoms with E-state index in [2.05, 4.69) is 4.72 Å². The van der Waals surface area contributed by atoms with Crippen molar-refractivity contribution in [2.75, 3.05) is 13.7 Å². The molecule has 0 spiro atoms. The van der Waals surface area contributed by atoms with Gasteiger partial charge in [-0.05, 0) is 49.2 Å². The number of aryl methyl sites for hydroxylation is 1. The van der Waals surface area contributed by atoms with Crippen LogP contribution < -0.4 is 9.46 Å². The topological polar surface area (TPSA) is 75.6 Å². The van der Waals surface area contributed by atoms with Crippen LogP contribution in [0.1, 0.15) is 18.1 Å². The van der Waals surface area contributed by atoms with Crippen molar-refractivity contribution in [1.82, 2.24) is 4.72 Å². The highest BCUT2D eigenvalue weighted by Crippen LogP contribution is 2.21. The lowest BCUT2D eigenvalue weighted by Crippen LogP contribution is -2.42. The van der Waals surface area contributed by atoms with Crippen molar-refractivity contribution in [3.05, 3.63) is 58.6 Å². The molecular formula is C18H22ClNO4S. The van der Waals surface area contributed by atoms with Crippen molar-refractivity contribution in [1.29, 1.82) is 0 Å². The van der Waals surface area contributed by atoms with Crippen molar-refractivity contribution >= 4 is 21.6 Å². The second-order valence-corrected chi connectivity index (χ2v) is 8.43. The number of benzene rings is 2. The first-order valence-corrected chi connectivity index (χ1v) is 9.60. The van der Waals surface area contributed by atoms with Gasteiger partial charge in [-0.25, -0.2) is 13.1 Å². The van der Waals surface area contributed by atoms with Gasteiger partial charge in [0.15, 0.2) is 0 Å². The summed E-state index contributed by atoms with van der Waals surface area (Å²) >= 11 is 5.99. The normalized spacial score (nSPS) is 14.1. The Hall–Kier alpha value is -1.60. The molecule has 136 valence electrons. The Morgan fingerprint density at radius 3 is 2.40 bits per heavy atom. The van der Waals surface area contributed by atoms with Crippen molar-refractivity contribution < 1.29 is 18.3 Å². The minimum Gasteiger partial charge on any atom is -0.497 e. The number of hydrogen-bond donors (Lipinski definition) is 2. The zero-order valence-corrected chi connectivity index (χ0v) is 16.0. The lowest BCUT2D eigenvalue weighted by atomic mass is 9.97. The molecule has 2 N–H and O–H groups in total. The molecule has 7 heteroatoms. The minimum absolute atomic E-state index is 0.0725. The molecular weight excluding hydrogens is 362 g/mol. The van der Waals surface area contributed by atoms with Crippen LogP contribution in [0.15, 0.2) is 47.4 Å². The molecule has 0 bridgehead atoms. The van der Waals surface area contributed by atoms with Crippen LogP contribution in [-0.2, 0) is 16.4 Å². The number of hydrogen-bond acceptors (Lipinski definition) is 4. The third kappa shape index (κ3) is 5.44. The summed E-state index contributed by atoms with van der Waals surface area (Å²) in [4.78, 5) is 0.0725. The monoisotopic (exact) mass is 383 g/mol. The van der Waals surface area contributed by atoms with Crippen LogP contribution in [0.2, 0.25) is 5.02 Å². The van der Waals surface area contributed by atoms with Crippen molar-refractivity contribution in [2.45, 2.75) is 30.8 Å². The Balaban J connectivity index is 2.05. The average molecular weight is 384 g/mol. The molecule has 0 amide bonds. The van der Waals surface area contributed by atoms with E-state index in [1.165, 1.54) is 12.1 Å². The average Bonchev–Trinajstić information content (AvgIpc) is 2.56. The van der Waals surface area contributed by atoms with Crippen LogP contribution in [0.25, 0.3) is 0 Å². The highest BCUT2D eigenvalue weighted by molar-refractivity contribution is 7.89. The standard InChI is InChI=1S/C18H22ClNO4S/c1-13-4-9-16(10-17(13)19)25(22,23)20-12-18(2,21)11-14-5-7-15(24-3)8-6-14/h4-10,20-21H,11-12H2,1-3H3. The zero-order valence-electron chi connectivity index (χ0n) is 14.4. The van der Waals surface area contributed by atoms with Gasteiger partial charge in [0, 0.05) is 18.0 Å². The maximum absolute atomic E-state index is 12.4. The lowest BCUT2D eigenvalue weighted by molar-refractivity contribution is 0.0657. The van der Waals surface area contributed by atoms with E-state index in [-0.39, 0.29) is 11.4 Å². The van der Waals surface area contributed by atoms with E-state index in [1.807, 2.05) is 12.1 Å². The van der Waals surface area contributed by atoms with Gasteiger partial charge in [0.05, 0.1) is 17.6 Å². The van der Waals surface area contributed by atoms with Crippen LogP contribution in [0.3, 0.4) is 0 Å². The molecule has 0 saturated carbocycles. The van der Waals surface area contributed by atoms with Gasteiger partial charge in [0.25, 0.3) is 0 Å². The smallest absolute Gasteiger partial charge is 0.240 e. The van der Waals surface area contributed by atoms with Crippen LogP contribution in [0, 0.1) is 6.92 Å². The minimum atomic E-state index is -3.75. The first-order valence-electron chi connectivity index (χ1n) is 7.74. The summed E-state index contributed by atoms with van der Waals surface area (Å²) in [5.41, 5.74) is 0.436. The van der Waals surface area contributed by atoms with Crippen molar-refractivity contribution in [2.24, 2.45) is 0 Å². The third-order valence-corrected chi connectivity index (χ3v) is 5.65. The van der Waals surface area contributed by atoms with E-state index in [4.69, 9.17) is 16.3 Å². The third-order valence-electron chi connectivity index (χ3n) is 3.84. The number of halogens is 1. The Bertz CT molecular complexity index is 833. The van der Waals surface area contributed by atoms with E-state index in [0.29, 0.717) is 11.4 Å². The highest BCUT2D eigenvalue weighted by atomic mass is 35.5. The maximum atomic E-state index is 12.4. The fourth-order valence-electron chi connectivity index (χ4n) is 2.32. The van der Waals surface area contributed by atoms with E-state index in [9.17, 15) is 13.5 Å². The second-order valence-electron chi connectivity index (χ2n) is 6.26.